The highest BCUT2D eigenvalue weighted by molar-refractivity contribution is 6.30. The van der Waals surface area contributed by atoms with Crippen LogP contribution in [-0.2, 0) is 19.0 Å². The smallest absolute Gasteiger partial charge is 0.338 e. The van der Waals surface area contributed by atoms with Crippen molar-refractivity contribution in [2.24, 2.45) is 5.73 Å². The standard InChI is InChI=1S/C22H22ClN3O4/c1-11-7-14-9-15(20(23)26-17(14)8-12(11)2)19-16(10-24)21(25)30-13(3)18(19)22(27)29-6-5-28-4/h7-9,19H,5-6,25H2,1-4H3/t19-/m0/s1. The van der Waals surface area contributed by atoms with Gasteiger partial charge in [-0.3, -0.25) is 0 Å². The molecule has 0 radical (unpaired) electrons. The van der Waals surface area contributed by atoms with Crippen LogP contribution in [0.4, 0.5) is 0 Å². The summed E-state index contributed by atoms with van der Waals surface area (Å²) in [5.41, 5.74) is 9.57. The molecule has 2 aromatic rings. The summed E-state index contributed by atoms with van der Waals surface area (Å²) in [6.07, 6.45) is 0. The minimum Gasteiger partial charge on any atom is -0.460 e. The van der Waals surface area contributed by atoms with E-state index in [2.05, 4.69) is 4.98 Å². The van der Waals surface area contributed by atoms with Gasteiger partial charge in [-0.25, -0.2) is 9.78 Å². The number of aromatic nitrogens is 1. The summed E-state index contributed by atoms with van der Waals surface area (Å²) < 4.78 is 15.7. The van der Waals surface area contributed by atoms with Crippen LogP contribution in [0.5, 0.6) is 0 Å². The molecule has 0 fully saturated rings. The molecule has 0 saturated heterocycles. The molecule has 0 unspecified atom stereocenters. The van der Waals surface area contributed by atoms with Crippen molar-refractivity contribution >= 4 is 28.5 Å². The molecule has 8 heteroatoms. The summed E-state index contributed by atoms with van der Waals surface area (Å²) >= 11 is 6.52. The van der Waals surface area contributed by atoms with Crippen molar-refractivity contribution < 1.29 is 19.0 Å². The number of pyridine rings is 1. The van der Waals surface area contributed by atoms with Crippen LogP contribution < -0.4 is 5.73 Å². The van der Waals surface area contributed by atoms with Gasteiger partial charge in [0.15, 0.2) is 0 Å². The van der Waals surface area contributed by atoms with Gasteiger partial charge in [-0.1, -0.05) is 11.6 Å². The van der Waals surface area contributed by atoms with E-state index in [1.807, 2.05) is 38.1 Å². The Bertz CT molecular complexity index is 1130. The Morgan fingerprint density at radius 1 is 1.27 bits per heavy atom. The van der Waals surface area contributed by atoms with Gasteiger partial charge in [0.25, 0.3) is 0 Å². The number of nitriles is 1. The van der Waals surface area contributed by atoms with E-state index in [0.29, 0.717) is 5.56 Å². The van der Waals surface area contributed by atoms with Gasteiger partial charge in [0.05, 0.1) is 23.6 Å². The minimum absolute atomic E-state index is 0.0576. The van der Waals surface area contributed by atoms with Gasteiger partial charge >= 0.3 is 5.97 Å². The molecule has 0 amide bonds. The Hall–Kier alpha value is -3.08. The summed E-state index contributed by atoms with van der Waals surface area (Å²) in [6.45, 7) is 5.88. The van der Waals surface area contributed by atoms with Gasteiger partial charge in [-0.05, 0) is 50.1 Å². The first kappa shape index (κ1) is 21.6. The van der Waals surface area contributed by atoms with Crippen LogP contribution in [0.15, 0.2) is 41.0 Å². The molecule has 7 nitrogen and oxygen atoms in total. The topological polar surface area (TPSA) is 107 Å². The average Bonchev–Trinajstić information content (AvgIpc) is 2.68. The molecule has 0 saturated carbocycles. The van der Waals surface area contributed by atoms with Crippen molar-refractivity contribution in [3.8, 4) is 6.07 Å². The van der Waals surface area contributed by atoms with Gasteiger partial charge < -0.3 is 19.9 Å². The lowest BCUT2D eigenvalue weighted by Gasteiger charge is -2.27. The normalized spacial score (nSPS) is 16.5. The van der Waals surface area contributed by atoms with Crippen molar-refractivity contribution in [1.82, 2.24) is 4.98 Å². The van der Waals surface area contributed by atoms with Crippen LogP contribution in [0.1, 0.15) is 29.5 Å². The predicted octanol–water partition coefficient (Wildman–Crippen LogP) is 3.78. The van der Waals surface area contributed by atoms with E-state index in [1.54, 1.807) is 6.92 Å². The van der Waals surface area contributed by atoms with E-state index in [4.69, 9.17) is 31.5 Å². The Balaban J connectivity index is 2.18. The Morgan fingerprint density at radius 2 is 1.97 bits per heavy atom. The molecule has 30 heavy (non-hydrogen) atoms. The number of ether oxygens (including phenoxy) is 3. The number of rotatable bonds is 5. The number of nitrogens with two attached hydrogens (primary N) is 1. The molecule has 1 aliphatic rings. The molecule has 2 heterocycles. The number of esters is 1. The van der Waals surface area contributed by atoms with Crippen LogP contribution in [0, 0.1) is 25.2 Å². The lowest BCUT2D eigenvalue weighted by Crippen LogP contribution is -2.26. The molecule has 0 spiro atoms. The van der Waals surface area contributed by atoms with Crippen LogP contribution in [0.3, 0.4) is 0 Å². The number of hydrogen-bond acceptors (Lipinski definition) is 7. The fourth-order valence-electron chi connectivity index (χ4n) is 3.39. The number of fused-ring (bicyclic) bond motifs is 1. The molecule has 1 aromatic heterocycles. The predicted molar refractivity (Wildman–Crippen MR) is 112 cm³/mol. The first-order valence-electron chi connectivity index (χ1n) is 9.30. The van der Waals surface area contributed by atoms with Gasteiger partial charge in [-0.2, -0.15) is 5.26 Å². The Kier molecular flexibility index (Phi) is 6.30. The summed E-state index contributed by atoms with van der Waals surface area (Å²) in [5.74, 6) is -1.32. The highest BCUT2D eigenvalue weighted by atomic mass is 35.5. The number of halogens is 1. The molecular formula is C22H22ClN3O4. The lowest BCUT2D eigenvalue weighted by molar-refractivity contribution is -0.140. The average molecular weight is 428 g/mol. The summed E-state index contributed by atoms with van der Waals surface area (Å²) in [7, 11) is 1.51. The van der Waals surface area contributed by atoms with E-state index < -0.39 is 11.9 Å². The number of hydrogen-bond donors (Lipinski definition) is 1. The maximum absolute atomic E-state index is 12.9. The first-order valence-corrected chi connectivity index (χ1v) is 9.68. The summed E-state index contributed by atoms with van der Waals surface area (Å²) in [6, 6.07) is 7.81. The molecule has 1 aromatic carbocycles. The molecular weight excluding hydrogens is 406 g/mol. The maximum atomic E-state index is 12.9. The molecule has 2 N–H and O–H groups in total. The zero-order valence-electron chi connectivity index (χ0n) is 17.2. The van der Waals surface area contributed by atoms with E-state index >= 15 is 0 Å². The molecule has 1 aliphatic heterocycles. The van der Waals surface area contributed by atoms with Crippen molar-refractivity contribution in [2.45, 2.75) is 26.7 Å². The van der Waals surface area contributed by atoms with Crippen molar-refractivity contribution in [1.29, 1.82) is 5.26 Å². The number of carbonyl (C=O) groups excluding carboxylic acids is 1. The van der Waals surface area contributed by atoms with Crippen molar-refractivity contribution in [3.63, 3.8) is 0 Å². The molecule has 3 rings (SSSR count). The molecule has 156 valence electrons. The monoisotopic (exact) mass is 427 g/mol. The number of aryl methyl sites for hydroxylation is 2. The van der Waals surface area contributed by atoms with E-state index in [0.717, 1.165) is 22.0 Å². The van der Waals surface area contributed by atoms with Gasteiger partial charge in [0, 0.05) is 18.1 Å². The third kappa shape index (κ3) is 3.97. The maximum Gasteiger partial charge on any atom is 0.338 e. The minimum atomic E-state index is -0.857. The van der Waals surface area contributed by atoms with Gasteiger partial charge in [0.1, 0.15) is 29.2 Å². The second-order valence-corrected chi connectivity index (χ2v) is 7.38. The zero-order chi connectivity index (χ0) is 22.0. The second kappa shape index (κ2) is 8.74. The third-order valence-corrected chi connectivity index (χ3v) is 5.37. The van der Waals surface area contributed by atoms with Crippen molar-refractivity contribution in [3.05, 3.63) is 62.8 Å². The fraction of sp³-hybridized carbons (Fsp3) is 0.318. The first-order chi connectivity index (χ1) is 14.3. The second-order valence-electron chi connectivity index (χ2n) is 7.02. The quantitative estimate of drug-likeness (QED) is 0.439. The highest BCUT2D eigenvalue weighted by Gasteiger charge is 2.38. The Morgan fingerprint density at radius 3 is 2.63 bits per heavy atom. The van der Waals surface area contributed by atoms with Crippen LogP contribution in [0.2, 0.25) is 5.15 Å². The molecule has 1 atom stereocenters. The molecule has 0 aliphatic carbocycles. The van der Waals surface area contributed by atoms with Crippen LogP contribution in [0.25, 0.3) is 10.9 Å². The fourth-order valence-corrected chi connectivity index (χ4v) is 3.64. The zero-order valence-corrected chi connectivity index (χ0v) is 18.0. The van der Waals surface area contributed by atoms with Gasteiger partial charge in [-0.15, -0.1) is 0 Å². The number of benzene rings is 1. The van der Waals surface area contributed by atoms with Crippen LogP contribution >= 0.6 is 11.6 Å². The van der Waals surface area contributed by atoms with E-state index in [-0.39, 0.29) is 41.2 Å². The van der Waals surface area contributed by atoms with Crippen LogP contribution in [-0.4, -0.2) is 31.3 Å². The summed E-state index contributed by atoms with van der Waals surface area (Å²) in [5, 5.41) is 10.8. The number of carbonyl (C=O) groups is 1. The largest absolute Gasteiger partial charge is 0.460 e. The third-order valence-electron chi connectivity index (χ3n) is 5.07. The number of nitrogens with zero attached hydrogens (tertiary/aromatic N) is 2. The Labute approximate surface area is 179 Å². The molecule has 0 bridgehead atoms. The highest BCUT2D eigenvalue weighted by Crippen LogP contribution is 2.42. The number of allylic oxidation sites excluding steroid dienone is 2. The number of methoxy groups -OCH3 is 1. The van der Waals surface area contributed by atoms with Gasteiger partial charge in [0.2, 0.25) is 5.88 Å². The lowest BCUT2D eigenvalue weighted by atomic mass is 9.83. The van der Waals surface area contributed by atoms with E-state index in [9.17, 15) is 10.1 Å². The SMILES string of the molecule is COCCOC(=O)C1=C(C)OC(N)=C(C#N)[C@@H]1c1cc2cc(C)c(C)cc2nc1Cl. The van der Waals surface area contributed by atoms with E-state index in [1.165, 1.54) is 7.11 Å². The summed E-state index contributed by atoms with van der Waals surface area (Å²) in [4.78, 5) is 17.4. The van der Waals surface area contributed by atoms with Crippen molar-refractivity contribution in [2.75, 3.05) is 20.3 Å².